The molecule has 15 heteroatoms. The molecule has 0 bridgehead atoms. The van der Waals surface area contributed by atoms with Crippen LogP contribution in [0.5, 0.6) is 23.0 Å². The first-order valence-electron chi connectivity index (χ1n) is 16.0. The number of phenolic OH excluding ortho intramolecular Hbond substituents is 1. The van der Waals surface area contributed by atoms with Gasteiger partial charge in [-0.3, -0.25) is 24.6 Å². The number of imide groups is 4. The number of aromatic hydroxyl groups is 1. The highest BCUT2D eigenvalue weighted by molar-refractivity contribution is 6.36. The number of halogens is 2. The molecule has 2 heterocycles. The standard InChI is InChI=1S/C36H32Cl2N4O9/c1-49-18-7-4-16(5-8-18)36-23(32(45)42(34(36)47)40-25-11-6-17(37)12-24(25)38)15-22-20(9-10-21-28(22)33(46)41(31(21)44)35(39)48)30(36)29-26(43)13-19(50-2)14-27(29)51-3/h4-9,11-14,21-23,28,30,40,43H,10,15H2,1-3H3,(H2,39,48). The predicted octanol–water partition coefficient (Wildman–Crippen LogP) is 4.79. The molecule has 2 saturated heterocycles. The largest absolute Gasteiger partial charge is 0.507 e. The van der Waals surface area contributed by atoms with E-state index in [1.807, 2.05) is 0 Å². The first-order chi connectivity index (χ1) is 24.4. The van der Waals surface area contributed by atoms with Gasteiger partial charge in [-0.05, 0) is 54.7 Å². The molecule has 6 atom stereocenters. The fourth-order valence-electron chi connectivity index (χ4n) is 8.54. The maximum atomic E-state index is 15.4. The van der Waals surface area contributed by atoms with Gasteiger partial charge >= 0.3 is 6.03 Å². The molecule has 4 aliphatic rings. The summed E-state index contributed by atoms with van der Waals surface area (Å²) in [7, 11) is 4.30. The van der Waals surface area contributed by atoms with E-state index in [4.69, 9.17) is 43.1 Å². The molecule has 264 valence electrons. The molecule has 0 aromatic heterocycles. The van der Waals surface area contributed by atoms with Crippen molar-refractivity contribution in [3.8, 4) is 23.0 Å². The number of hydrogen-bond donors (Lipinski definition) is 3. The van der Waals surface area contributed by atoms with E-state index in [2.05, 4.69) is 5.43 Å². The van der Waals surface area contributed by atoms with Crippen LogP contribution in [-0.4, -0.2) is 66.0 Å². The number of carbonyl (C=O) groups is 5. The van der Waals surface area contributed by atoms with Crippen molar-refractivity contribution >= 4 is 58.5 Å². The summed E-state index contributed by atoms with van der Waals surface area (Å²) in [5.41, 5.74) is 7.93. The number of rotatable bonds is 7. The molecule has 2 aliphatic heterocycles. The van der Waals surface area contributed by atoms with Crippen LogP contribution in [0.3, 0.4) is 0 Å². The second-order valence-corrected chi connectivity index (χ2v) is 13.7. The fraction of sp³-hybridized carbons (Fsp3) is 0.306. The Morgan fingerprint density at radius 2 is 1.61 bits per heavy atom. The number of fused-ring (bicyclic) bond motifs is 4. The van der Waals surface area contributed by atoms with Gasteiger partial charge < -0.3 is 25.1 Å². The zero-order chi connectivity index (χ0) is 36.5. The molecular formula is C36H32Cl2N4O9. The number of amides is 6. The average molecular weight is 736 g/mol. The van der Waals surface area contributed by atoms with Crippen molar-refractivity contribution in [1.29, 1.82) is 0 Å². The Balaban J connectivity index is 1.52. The van der Waals surface area contributed by atoms with Gasteiger partial charge in [0.1, 0.15) is 23.0 Å². The van der Waals surface area contributed by atoms with Crippen LogP contribution in [0.1, 0.15) is 29.9 Å². The minimum absolute atomic E-state index is 0.0361. The summed E-state index contributed by atoms with van der Waals surface area (Å²) in [5, 5.41) is 13.2. The lowest BCUT2D eigenvalue weighted by Gasteiger charge is -2.50. The fourth-order valence-corrected chi connectivity index (χ4v) is 8.99. The van der Waals surface area contributed by atoms with E-state index in [1.165, 1.54) is 39.5 Å². The van der Waals surface area contributed by atoms with E-state index < -0.39 is 64.7 Å². The van der Waals surface area contributed by atoms with Gasteiger partial charge in [0.2, 0.25) is 11.8 Å². The Morgan fingerprint density at radius 1 is 0.902 bits per heavy atom. The Labute approximate surface area is 301 Å². The summed E-state index contributed by atoms with van der Waals surface area (Å²) in [4.78, 5) is 70.2. The zero-order valence-electron chi connectivity index (χ0n) is 27.5. The molecule has 6 unspecified atom stereocenters. The number of hydrazine groups is 1. The molecule has 6 amide bonds. The summed E-state index contributed by atoms with van der Waals surface area (Å²) in [5.74, 6) is -7.38. The Morgan fingerprint density at radius 3 is 2.24 bits per heavy atom. The van der Waals surface area contributed by atoms with Crippen LogP contribution in [0.2, 0.25) is 10.0 Å². The van der Waals surface area contributed by atoms with Gasteiger partial charge in [0.05, 0.1) is 55.2 Å². The van der Waals surface area contributed by atoms with Crippen LogP contribution in [0.4, 0.5) is 10.5 Å². The van der Waals surface area contributed by atoms with E-state index in [1.54, 1.807) is 42.5 Å². The van der Waals surface area contributed by atoms with Gasteiger partial charge in [0, 0.05) is 28.6 Å². The number of likely N-dealkylation sites (tertiary alicyclic amines) is 1. The van der Waals surface area contributed by atoms with Crippen LogP contribution >= 0.6 is 23.2 Å². The van der Waals surface area contributed by atoms with Gasteiger partial charge in [-0.2, -0.15) is 9.91 Å². The zero-order valence-corrected chi connectivity index (χ0v) is 29.0. The Hall–Kier alpha value is -5.27. The molecule has 3 aromatic carbocycles. The van der Waals surface area contributed by atoms with E-state index in [-0.39, 0.29) is 46.4 Å². The first kappa shape index (κ1) is 34.2. The van der Waals surface area contributed by atoms with Crippen LogP contribution < -0.4 is 25.4 Å². The van der Waals surface area contributed by atoms with Crippen molar-refractivity contribution in [2.45, 2.75) is 24.2 Å². The third-order valence-corrected chi connectivity index (χ3v) is 11.2. The highest BCUT2D eigenvalue weighted by Crippen LogP contribution is 2.66. The molecule has 13 nitrogen and oxygen atoms in total. The van der Waals surface area contributed by atoms with Gasteiger partial charge in [-0.1, -0.05) is 47.0 Å². The number of methoxy groups -OCH3 is 3. The van der Waals surface area contributed by atoms with Crippen molar-refractivity contribution in [3.63, 3.8) is 0 Å². The number of benzene rings is 3. The third kappa shape index (κ3) is 4.93. The summed E-state index contributed by atoms with van der Waals surface area (Å²) in [6.45, 7) is 0. The maximum Gasteiger partial charge on any atom is 0.328 e. The number of allylic oxidation sites excluding steroid dienone is 2. The molecule has 7 rings (SSSR count). The number of urea groups is 1. The Bertz CT molecular complexity index is 2050. The summed E-state index contributed by atoms with van der Waals surface area (Å²) < 4.78 is 16.6. The van der Waals surface area contributed by atoms with Crippen molar-refractivity contribution in [2.75, 3.05) is 26.8 Å². The number of primary amides is 1. The number of phenols is 1. The number of nitrogens with zero attached hydrogens (tertiary/aromatic N) is 2. The Kier molecular flexibility index (Phi) is 8.38. The van der Waals surface area contributed by atoms with Crippen molar-refractivity contribution in [2.24, 2.45) is 29.4 Å². The van der Waals surface area contributed by atoms with Gasteiger partial charge in [-0.25, -0.2) is 4.79 Å². The second-order valence-electron chi connectivity index (χ2n) is 12.8. The smallest absolute Gasteiger partial charge is 0.328 e. The quantitative estimate of drug-likeness (QED) is 0.226. The lowest BCUT2D eigenvalue weighted by atomic mass is 9.49. The predicted molar refractivity (Wildman–Crippen MR) is 183 cm³/mol. The minimum atomic E-state index is -1.77. The molecule has 0 spiro atoms. The van der Waals surface area contributed by atoms with Crippen LogP contribution in [0.25, 0.3) is 0 Å². The number of anilines is 1. The van der Waals surface area contributed by atoms with Gasteiger partial charge in [0.15, 0.2) is 0 Å². The maximum absolute atomic E-state index is 15.4. The van der Waals surface area contributed by atoms with E-state index in [0.717, 1.165) is 5.01 Å². The molecular weight excluding hydrogens is 703 g/mol. The molecule has 51 heavy (non-hydrogen) atoms. The molecule has 0 radical (unpaired) electrons. The molecule has 4 N–H and O–H groups in total. The van der Waals surface area contributed by atoms with Crippen LogP contribution in [-0.2, 0) is 24.6 Å². The molecule has 3 aromatic rings. The van der Waals surface area contributed by atoms with E-state index in [9.17, 15) is 24.3 Å². The SMILES string of the molecule is COc1ccc(C23C(=O)N(Nc4ccc(Cl)cc4Cl)C(=O)C2CC2C(=CCC4C(=O)N(C(N)=O)C(=O)C42)C3c2c(O)cc(OC)cc2OC)cc1. The lowest BCUT2D eigenvalue weighted by Crippen LogP contribution is -2.53. The summed E-state index contributed by atoms with van der Waals surface area (Å²) in [6, 6.07) is 12.9. The lowest BCUT2D eigenvalue weighted by molar-refractivity contribution is -0.139. The van der Waals surface area contributed by atoms with Crippen molar-refractivity contribution < 1.29 is 43.3 Å². The summed E-state index contributed by atoms with van der Waals surface area (Å²) >= 11 is 12.6. The number of hydrogen-bond acceptors (Lipinski definition) is 10. The van der Waals surface area contributed by atoms with Crippen LogP contribution in [0, 0.1) is 23.7 Å². The van der Waals surface area contributed by atoms with Crippen molar-refractivity contribution in [1.82, 2.24) is 9.91 Å². The molecule has 2 aliphatic carbocycles. The van der Waals surface area contributed by atoms with Crippen LogP contribution in [0.15, 0.2) is 66.2 Å². The van der Waals surface area contributed by atoms with E-state index in [0.29, 0.717) is 26.8 Å². The number of ether oxygens (including phenoxy) is 3. The number of carbonyl (C=O) groups excluding carboxylic acids is 5. The average Bonchev–Trinajstić information content (AvgIpc) is 3.50. The highest BCUT2D eigenvalue weighted by atomic mass is 35.5. The minimum Gasteiger partial charge on any atom is -0.507 e. The highest BCUT2D eigenvalue weighted by Gasteiger charge is 2.71. The monoisotopic (exact) mass is 734 g/mol. The number of nitrogens with two attached hydrogens (primary N) is 1. The second kappa shape index (κ2) is 12.5. The number of nitrogens with one attached hydrogen (secondary N) is 1. The van der Waals surface area contributed by atoms with Crippen molar-refractivity contribution in [3.05, 3.63) is 87.4 Å². The first-order valence-corrected chi connectivity index (χ1v) is 16.7. The topological polar surface area (TPSA) is 178 Å². The van der Waals surface area contributed by atoms with Gasteiger partial charge in [0.25, 0.3) is 11.8 Å². The molecule has 1 saturated carbocycles. The van der Waals surface area contributed by atoms with Gasteiger partial charge in [-0.15, -0.1) is 0 Å². The van der Waals surface area contributed by atoms with E-state index >= 15 is 4.79 Å². The summed E-state index contributed by atoms with van der Waals surface area (Å²) in [6.07, 6.45) is 1.73. The molecule has 3 fully saturated rings. The normalized spacial score (nSPS) is 26.7. The third-order valence-electron chi connectivity index (χ3n) is 10.6.